The molecule has 51 heavy (non-hydrogen) atoms. The number of rotatable bonds is 42. The van der Waals surface area contributed by atoms with Crippen molar-refractivity contribution < 1.29 is 14.6 Å². The van der Waals surface area contributed by atoms with E-state index in [1.165, 1.54) is 186 Å². The molecule has 0 aliphatic carbocycles. The fourth-order valence-electron chi connectivity index (χ4n) is 7.75. The predicted octanol–water partition coefficient (Wildman–Crippen LogP) is 14.8. The number of carbonyl (C=O) groups is 1. The molecule has 1 N–H and O–H groups in total. The van der Waals surface area contributed by atoms with Crippen LogP contribution < -0.4 is 0 Å². The normalized spacial score (nSPS) is 13.0. The van der Waals surface area contributed by atoms with Gasteiger partial charge in [-0.2, -0.15) is 0 Å². The lowest BCUT2D eigenvalue weighted by molar-refractivity contribution is -0.150. The predicted molar refractivity (Wildman–Crippen MR) is 226 cm³/mol. The summed E-state index contributed by atoms with van der Waals surface area (Å²) in [6.45, 7) is 15.1. The van der Waals surface area contributed by atoms with E-state index >= 15 is 0 Å². The molecule has 0 radical (unpaired) electrons. The summed E-state index contributed by atoms with van der Waals surface area (Å²) in [5.74, 6) is 1.80. The lowest BCUT2D eigenvalue weighted by Gasteiger charge is -2.21. The quantitative estimate of drug-likeness (QED) is 0.0504. The molecule has 2 unspecified atom stereocenters. The number of hydrogen-bond acceptors (Lipinski definition) is 4. The average molecular weight is 722 g/mol. The molecule has 2 atom stereocenters. The van der Waals surface area contributed by atoms with E-state index in [4.69, 9.17) is 4.74 Å². The lowest BCUT2D eigenvalue weighted by Crippen LogP contribution is -2.29. The van der Waals surface area contributed by atoms with Crippen LogP contribution in [0.2, 0.25) is 0 Å². The van der Waals surface area contributed by atoms with Gasteiger partial charge in [0, 0.05) is 13.0 Å². The molecule has 0 heterocycles. The fourth-order valence-corrected chi connectivity index (χ4v) is 7.75. The van der Waals surface area contributed by atoms with E-state index in [9.17, 15) is 9.90 Å². The molecular formula is C47H95NO3. The second-order valence-electron chi connectivity index (χ2n) is 16.7. The molecule has 0 saturated heterocycles. The minimum absolute atomic E-state index is 0.0362. The number of esters is 1. The van der Waals surface area contributed by atoms with E-state index in [1.807, 2.05) is 0 Å². The first kappa shape index (κ1) is 50.4. The monoisotopic (exact) mass is 722 g/mol. The Hall–Kier alpha value is -0.610. The Labute approximate surface area is 321 Å². The van der Waals surface area contributed by atoms with E-state index in [2.05, 4.69) is 39.5 Å². The standard InChI is InChI=1S/C47H95NO3/c1-6-9-12-15-21-28-35-44(4)45(5)36-29-22-18-19-26-33-40-48(42-43-49)41-34-27-20-25-32-39-47(50)51-46(37-30-23-16-13-10-7-2)38-31-24-17-14-11-8-3/h44-46,49H,6-43H2,1-5H3. The third-order valence-corrected chi connectivity index (χ3v) is 11.7. The van der Waals surface area contributed by atoms with Crippen molar-refractivity contribution in [2.45, 2.75) is 259 Å². The van der Waals surface area contributed by atoms with Crippen molar-refractivity contribution in [2.75, 3.05) is 26.2 Å². The Morgan fingerprint density at radius 1 is 0.451 bits per heavy atom. The van der Waals surface area contributed by atoms with Gasteiger partial charge in [-0.3, -0.25) is 4.79 Å². The summed E-state index contributed by atoms with van der Waals surface area (Å²) >= 11 is 0. The van der Waals surface area contributed by atoms with E-state index in [0.29, 0.717) is 6.42 Å². The maximum atomic E-state index is 12.7. The summed E-state index contributed by atoms with van der Waals surface area (Å²) < 4.78 is 6.04. The highest BCUT2D eigenvalue weighted by atomic mass is 16.5. The molecule has 0 aliphatic rings. The number of nitrogens with zero attached hydrogens (tertiary/aromatic N) is 1. The van der Waals surface area contributed by atoms with Crippen molar-refractivity contribution in [1.82, 2.24) is 4.90 Å². The van der Waals surface area contributed by atoms with Gasteiger partial charge >= 0.3 is 5.97 Å². The molecule has 306 valence electrons. The van der Waals surface area contributed by atoms with Crippen LogP contribution in [0.5, 0.6) is 0 Å². The van der Waals surface area contributed by atoms with E-state index in [0.717, 1.165) is 57.2 Å². The molecule has 4 heteroatoms. The number of carbonyl (C=O) groups excluding carboxylic acids is 1. The van der Waals surface area contributed by atoms with Crippen LogP contribution in [0.4, 0.5) is 0 Å². The van der Waals surface area contributed by atoms with Gasteiger partial charge in [0.25, 0.3) is 0 Å². The lowest BCUT2D eigenvalue weighted by atomic mass is 9.86. The van der Waals surface area contributed by atoms with Crippen LogP contribution in [0.15, 0.2) is 0 Å². The van der Waals surface area contributed by atoms with Gasteiger partial charge < -0.3 is 14.7 Å². The Kier molecular flexibility index (Phi) is 40.1. The first-order chi connectivity index (χ1) is 25.0. The second-order valence-corrected chi connectivity index (χ2v) is 16.7. The summed E-state index contributed by atoms with van der Waals surface area (Å²) in [6.07, 6.45) is 43.5. The average Bonchev–Trinajstić information content (AvgIpc) is 3.12. The number of unbranched alkanes of at least 4 members (excludes halogenated alkanes) is 24. The summed E-state index contributed by atoms with van der Waals surface area (Å²) in [6, 6.07) is 0. The maximum Gasteiger partial charge on any atom is 0.306 e. The smallest absolute Gasteiger partial charge is 0.306 e. The summed E-state index contributed by atoms with van der Waals surface area (Å²) in [7, 11) is 0. The van der Waals surface area contributed by atoms with Gasteiger partial charge in [0.1, 0.15) is 6.10 Å². The minimum Gasteiger partial charge on any atom is -0.462 e. The van der Waals surface area contributed by atoms with Crippen molar-refractivity contribution in [3.8, 4) is 0 Å². The van der Waals surface area contributed by atoms with Crippen LogP contribution in [-0.4, -0.2) is 48.3 Å². The van der Waals surface area contributed by atoms with Gasteiger partial charge in [0.2, 0.25) is 0 Å². The highest BCUT2D eigenvalue weighted by Gasteiger charge is 2.15. The largest absolute Gasteiger partial charge is 0.462 e. The zero-order valence-corrected chi connectivity index (χ0v) is 35.8. The van der Waals surface area contributed by atoms with Crippen LogP contribution in [0.25, 0.3) is 0 Å². The zero-order chi connectivity index (χ0) is 37.5. The van der Waals surface area contributed by atoms with Crippen LogP contribution in [-0.2, 0) is 9.53 Å². The number of aliphatic hydroxyl groups excluding tert-OH is 1. The maximum absolute atomic E-state index is 12.7. The molecule has 0 saturated carbocycles. The van der Waals surface area contributed by atoms with Crippen LogP contribution >= 0.6 is 0 Å². The van der Waals surface area contributed by atoms with Crippen molar-refractivity contribution in [1.29, 1.82) is 0 Å². The Morgan fingerprint density at radius 3 is 1.18 bits per heavy atom. The van der Waals surface area contributed by atoms with Crippen molar-refractivity contribution in [3.05, 3.63) is 0 Å². The summed E-state index contributed by atoms with van der Waals surface area (Å²) in [4.78, 5) is 15.2. The Bertz CT molecular complexity index is 668. The molecule has 4 nitrogen and oxygen atoms in total. The molecule has 0 aromatic heterocycles. The molecule has 0 spiro atoms. The fraction of sp³-hybridized carbons (Fsp3) is 0.979. The third kappa shape index (κ3) is 36.2. The molecule has 0 aromatic rings. The van der Waals surface area contributed by atoms with Gasteiger partial charge in [0.05, 0.1) is 6.61 Å². The van der Waals surface area contributed by atoms with Crippen LogP contribution in [0, 0.1) is 11.8 Å². The number of aliphatic hydroxyl groups is 1. The zero-order valence-electron chi connectivity index (χ0n) is 35.8. The topological polar surface area (TPSA) is 49.8 Å². The Morgan fingerprint density at radius 2 is 0.784 bits per heavy atom. The van der Waals surface area contributed by atoms with Gasteiger partial charge in [-0.15, -0.1) is 0 Å². The van der Waals surface area contributed by atoms with Gasteiger partial charge in [-0.05, 0) is 69.9 Å². The molecule has 0 aromatic carbocycles. The molecule has 0 fully saturated rings. The first-order valence-electron chi connectivity index (χ1n) is 23.5. The number of hydrogen-bond donors (Lipinski definition) is 1. The van der Waals surface area contributed by atoms with Gasteiger partial charge in [-0.1, -0.05) is 202 Å². The van der Waals surface area contributed by atoms with Crippen molar-refractivity contribution in [2.24, 2.45) is 11.8 Å². The van der Waals surface area contributed by atoms with Crippen LogP contribution in [0.3, 0.4) is 0 Å². The van der Waals surface area contributed by atoms with E-state index < -0.39 is 0 Å². The van der Waals surface area contributed by atoms with E-state index in [1.54, 1.807) is 0 Å². The molecule has 0 amide bonds. The Balaban J connectivity index is 3.98. The van der Waals surface area contributed by atoms with Gasteiger partial charge in [-0.25, -0.2) is 0 Å². The molecule has 0 bridgehead atoms. The molecule has 0 rings (SSSR count). The second kappa shape index (κ2) is 40.6. The highest BCUT2D eigenvalue weighted by molar-refractivity contribution is 5.69. The van der Waals surface area contributed by atoms with Crippen molar-refractivity contribution in [3.63, 3.8) is 0 Å². The molecular weight excluding hydrogens is 627 g/mol. The first-order valence-corrected chi connectivity index (χ1v) is 23.5. The minimum atomic E-state index is 0.0362. The van der Waals surface area contributed by atoms with Gasteiger partial charge in [0.15, 0.2) is 0 Å². The van der Waals surface area contributed by atoms with E-state index in [-0.39, 0.29) is 18.7 Å². The summed E-state index contributed by atoms with van der Waals surface area (Å²) in [5.41, 5.74) is 0. The van der Waals surface area contributed by atoms with Crippen molar-refractivity contribution >= 4 is 5.97 Å². The summed E-state index contributed by atoms with van der Waals surface area (Å²) in [5, 5.41) is 9.60. The molecule has 0 aliphatic heterocycles. The van der Waals surface area contributed by atoms with Crippen LogP contribution in [0.1, 0.15) is 253 Å². The number of ether oxygens (including phenoxy) is 1. The third-order valence-electron chi connectivity index (χ3n) is 11.7. The highest BCUT2D eigenvalue weighted by Crippen LogP contribution is 2.24. The SMILES string of the molecule is CCCCCCCCC(CCCCCCCC)OC(=O)CCCCCCCN(CCO)CCCCCCCCC(C)C(C)CCCCCCCC.